The van der Waals surface area contributed by atoms with Crippen LogP contribution < -0.4 is 5.32 Å². The topological polar surface area (TPSA) is 32.3 Å². The fourth-order valence-electron chi connectivity index (χ4n) is 2.17. The summed E-state index contributed by atoms with van der Waals surface area (Å²) >= 11 is 3.86. The van der Waals surface area contributed by atoms with E-state index in [-0.39, 0.29) is 0 Å². The minimum atomic E-state index is -0.535. The molecule has 0 amide bonds. The van der Waals surface area contributed by atoms with E-state index in [1.165, 1.54) is 24.3 Å². The van der Waals surface area contributed by atoms with Crippen molar-refractivity contribution < 1.29 is 5.11 Å². The monoisotopic (exact) mass is 233 g/mol. The van der Waals surface area contributed by atoms with Gasteiger partial charge in [-0.15, -0.1) is 23.5 Å². The van der Waals surface area contributed by atoms with Crippen molar-refractivity contribution in [1.29, 1.82) is 0 Å². The molecule has 0 radical (unpaired) electrons. The summed E-state index contributed by atoms with van der Waals surface area (Å²) in [7, 11) is 0. The Balaban J connectivity index is 1.97. The number of hydrogen-bond acceptors (Lipinski definition) is 4. The normalized spacial score (nSPS) is 34.3. The van der Waals surface area contributed by atoms with E-state index < -0.39 is 5.60 Å². The fourth-order valence-corrected chi connectivity index (χ4v) is 5.37. The molecule has 0 aromatic carbocycles. The van der Waals surface area contributed by atoms with Crippen molar-refractivity contribution >= 4 is 23.5 Å². The van der Waals surface area contributed by atoms with Gasteiger partial charge in [-0.3, -0.25) is 0 Å². The van der Waals surface area contributed by atoms with Crippen molar-refractivity contribution in [2.75, 3.05) is 18.1 Å². The first-order chi connectivity index (χ1) is 6.71. The molecule has 0 spiro atoms. The molecule has 2 rings (SSSR count). The summed E-state index contributed by atoms with van der Waals surface area (Å²) < 4.78 is 0.367. The van der Waals surface area contributed by atoms with E-state index in [1.807, 2.05) is 30.4 Å². The Morgan fingerprint density at radius 3 is 2.57 bits per heavy atom. The number of rotatable bonds is 2. The molecule has 2 saturated heterocycles. The van der Waals surface area contributed by atoms with Crippen LogP contribution in [0.15, 0.2) is 0 Å². The molecule has 2 aliphatic rings. The van der Waals surface area contributed by atoms with Gasteiger partial charge >= 0.3 is 0 Å². The third-order valence-electron chi connectivity index (χ3n) is 3.07. The lowest BCUT2D eigenvalue weighted by atomic mass is 9.97. The summed E-state index contributed by atoms with van der Waals surface area (Å²) in [6.45, 7) is 3.08. The van der Waals surface area contributed by atoms with E-state index in [0.29, 0.717) is 10.6 Å². The van der Waals surface area contributed by atoms with E-state index in [1.54, 1.807) is 0 Å². The van der Waals surface area contributed by atoms with Crippen LogP contribution >= 0.6 is 23.5 Å². The van der Waals surface area contributed by atoms with Crippen LogP contribution in [0.1, 0.15) is 26.2 Å². The zero-order valence-corrected chi connectivity index (χ0v) is 10.3. The first-order valence-electron chi connectivity index (χ1n) is 5.40. The van der Waals surface area contributed by atoms with Gasteiger partial charge < -0.3 is 10.4 Å². The lowest BCUT2D eigenvalue weighted by molar-refractivity contribution is 0.0421. The van der Waals surface area contributed by atoms with Crippen LogP contribution in [0.2, 0.25) is 0 Å². The molecule has 2 fully saturated rings. The molecular weight excluding hydrogens is 214 g/mol. The van der Waals surface area contributed by atoms with Crippen molar-refractivity contribution in [3.63, 3.8) is 0 Å². The van der Waals surface area contributed by atoms with E-state index >= 15 is 0 Å². The smallest absolute Gasteiger partial charge is 0.0980 e. The molecule has 2 atom stereocenters. The fraction of sp³-hybridized carbons (Fsp3) is 1.00. The van der Waals surface area contributed by atoms with E-state index in [4.69, 9.17) is 0 Å². The predicted molar refractivity (Wildman–Crippen MR) is 65.0 cm³/mol. The Labute approximate surface area is 94.6 Å². The minimum Gasteiger partial charge on any atom is -0.387 e. The van der Waals surface area contributed by atoms with Crippen molar-refractivity contribution in [3.8, 4) is 0 Å². The summed E-state index contributed by atoms with van der Waals surface area (Å²) in [6.07, 6.45) is 3.63. The lowest BCUT2D eigenvalue weighted by Gasteiger charge is -2.38. The molecule has 0 aromatic rings. The molecule has 14 heavy (non-hydrogen) atoms. The summed E-state index contributed by atoms with van der Waals surface area (Å²) in [4.78, 5) is 0. The van der Waals surface area contributed by atoms with Crippen LogP contribution in [0.25, 0.3) is 0 Å². The van der Waals surface area contributed by atoms with Gasteiger partial charge in [0.2, 0.25) is 0 Å². The molecule has 2 aliphatic heterocycles. The zero-order valence-electron chi connectivity index (χ0n) is 8.66. The number of hydrogen-bond donors (Lipinski definition) is 2. The predicted octanol–water partition coefficient (Wildman–Crippen LogP) is 1.69. The second kappa shape index (κ2) is 4.64. The van der Waals surface area contributed by atoms with Crippen molar-refractivity contribution in [1.82, 2.24) is 5.32 Å². The molecule has 0 aromatic heterocycles. The summed E-state index contributed by atoms with van der Waals surface area (Å²) in [6, 6.07) is 0.311. The van der Waals surface area contributed by atoms with Gasteiger partial charge in [0.05, 0.1) is 10.2 Å². The lowest BCUT2D eigenvalue weighted by Crippen LogP contribution is -2.52. The highest BCUT2D eigenvalue weighted by Crippen LogP contribution is 2.40. The molecule has 4 heteroatoms. The van der Waals surface area contributed by atoms with E-state index in [0.717, 1.165) is 13.0 Å². The molecule has 0 aliphatic carbocycles. The SMILES string of the molecule is C[C@](O)(C1SCCCS1)[C@@H]1CCCN1. The molecular formula is C10H19NOS2. The van der Waals surface area contributed by atoms with Crippen LogP contribution in [-0.4, -0.2) is 39.4 Å². The van der Waals surface area contributed by atoms with Gasteiger partial charge in [0.25, 0.3) is 0 Å². The van der Waals surface area contributed by atoms with E-state index in [9.17, 15) is 5.11 Å². The second-order valence-electron chi connectivity index (χ2n) is 4.30. The average Bonchev–Trinajstić information content (AvgIpc) is 2.72. The molecule has 0 unspecified atom stereocenters. The molecule has 0 bridgehead atoms. The van der Waals surface area contributed by atoms with Crippen LogP contribution in [-0.2, 0) is 0 Å². The largest absolute Gasteiger partial charge is 0.387 e. The number of thioether (sulfide) groups is 2. The second-order valence-corrected chi connectivity index (χ2v) is 7.03. The summed E-state index contributed by atoms with van der Waals surface area (Å²) in [5.74, 6) is 2.42. The van der Waals surface area contributed by atoms with Crippen LogP contribution in [0.3, 0.4) is 0 Å². The van der Waals surface area contributed by atoms with Gasteiger partial charge in [-0.25, -0.2) is 0 Å². The Morgan fingerprint density at radius 2 is 2.00 bits per heavy atom. The molecule has 2 N–H and O–H groups in total. The van der Waals surface area contributed by atoms with Crippen molar-refractivity contribution in [3.05, 3.63) is 0 Å². The van der Waals surface area contributed by atoms with Gasteiger partial charge in [0.1, 0.15) is 0 Å². The molecule has 0 saturated carbocycles. The van der Waals surface area contributed by atoms with Gasteiger partial charge in [0, 0.05) is 6.04 Å². The first kappa shape index (κ1) is 11.1. The third kappa shape index (κ3) is 2.23. The van der Waals surface area contributed by atoms with Gasteiger partial charge in [-0.1, -0.05) is 0 Å². The highest BCUT2D eigenvalue weighted by atomic mass is 32.2. The van der Waals surface area contributed by atoms with Crippen molar-refractivity contribution in [2.24, 2.45) is 0 Å². The molecule has 2 nitrogen and oxygen atoms in total. The number of nitrogens with one attached hydrogen (secondary N) is 1. The average molecular weight is 233 g/mol. The quantitative estimate of drug-likeness (QED) is 0.760. The van der Waals surface area contributed by atoms with E-state index in [2.05, 4.69) is 5.32 Å². The standard InChI is InChI=1S/C10H19NOS2/c1-10(12,8-4-2-5-11-8)9-13-6-3-7-14-9/h8-9,11-12H,2-7H2,1H3/t8-,10+/m0/s1. The molecule has 82 valence electrons. The molecule has 2 heterocycles. The maximum atomic E-state index is 10.5. The van der Waals surface area contributed by atoms with Gasteiger partial charge in [-0.05, 0) is 44.2 Å². The zero-order chi connectivity index (χ0) is 10.0. The minimum absolute atomic E-state index is 0.311. The summed E-state index contributed by atoms with van der Waals surface area (Å²) in [5, 5.41) is 14.0. The Hall–Kier alpha value is 0.620. The van der Waals surface area contributed by atoms with Crippen LogP contribution in [0, 0.1) is 0 Å². The summed E-state index contributed by atoms with van der Waals surface area (Å²) in [5.41, 5.74) is -0.535. The third-order valence-corrected chi connectivity index (χ3v) is 6.50. The van der Waals surface area contributed by atoms with Crippen LogP contribution in [0.5, 0.6) is 0 Å². The Bertz CT molecular complexity index is 187. The van der Waals surface area contributed by atoms with Crippen molar-refractivity contribution in [2.45, 2.75) is 42.4 Å². The first-order valence-corrected chi connectivity index (χ1v) is 7.50. The maximum Gasteiger partial charge on any atom is 0.0980 e. The van der Waals surface area contributed by atoms with Gasteiger partial charge in [-0.2, -0.15) is 0 Å². The highest BCUT2D eigenvalue weighted by molar-refractivity contribution is 8.17. The Morgan fingerprint density at radius 1 is 1.29 bits per heavy atom. The maximum absolute atomic E-state index is 10.5. The number of aliphatic hydroxyl groups is 1. The Kier molecular flexibility index (Phi) is 3.68. The highest BCUT2D eigenvalue weighted by Gasteiger charge is 2.42. The van der Waals surface area contributed by atoms with Crippen LogP contribution in [0.4, 0.5) is 0 Å². The van der Waals surface area contributed by atoms with Gasteiger partial charge in [0.15, 0.2) is 0 Å².